The summed E-state index contributed by atoms with van der Waals surface area (Å²) in [6, 6.07) is 10.2. The molecule has 1 N–H and O–H groups in total. The van der Waals surface area contributed by atoms with E-state index < -0.39 is 0 Å². The molecule has 3 rings (SSSR count). The van der Waals surface area contributed by atoms with E-state index in [4.69, 9.17) is 0 Å². The maximum Gasteiger partial charge on any atom is 0.0890 e. The van der Waals surface area contributed by atoms with Crippen LogP contribution in [-0.2, 0) is 0 Å². The Labute approximate surface area is 81.0 Å². The monoisotopic (exact) mass is 183 g/mol. The Hall–Kier alpha value is -2.03. The van der Waals surface area contributed by atoms with Crippen LogP contribution in [0, 0.1) is 0 Å². The van der Waals surface area contributed by atoms with Gasteiger partial charge in [-0.1, -0.05) is 12.1 Å². The second-order valence-electron chi connectivity index (χ2n) is 3.20. The van der Waals surface area contributed by atoms with Crippen molar-refractivity contribution >= 4 is 10.9 Å². The molecule has 1 aromatic carbocycles. The van der Waals surface area contributed by atoms with Crippen molar-refractivity contribution < 1.29 is 0 Å². The van der Waals surface area contributed by atoms with Crippen LogP contribution in [0.4, 0.5) is 0 Å². The molecule has 2 aromatic heterocycles. The molecule has 3 aromatic rings. The van der Waals surface area contributed by atoms with Gasteiger partial charge in [-0.15, -0.1) is 0 Å². The average molecular weight is 183 g/mol. The molecule has 0 bridgehead atoms. The van der Waals surface area contributed by atoms with Gasteiger partial charge in [0.05, 0.1) is 17.4 Å². The number of hydrogen-bond acceptors (Lipinski definition) is 1. The standard InChI is InChI=1S/C11H9N3/c1-2-7-14(6-1)10-5-3-4-9-8-12-13-11(9)10/h1-8H,(H,12,13). The summed E-state index contributed by atoms with van der Waals surface area (Å²) in [6.07, 6.45) is 5.88. The van der Waals surface area contributed by atoms with Gasteiger partial charge >= 0.3 is 0 Å². The van der Waals surface area contributed by atoms with E-state index in [2.05, 4.69) is 20.8 Å². The molecule has 0 saturated heterocycles. The third kappa shape index (κ3) is 0.956. The van der Waals surface area contributed by atoms with E-state index in [1.54, 1.807) is 0 Å². The van der Waals surface area contributed by atoms with Crippen molar-refractivity contribution in [1.82, 2.24) is 14.8 Å². The molecule has 14 heavy (non-hydrogen) atoms. The summed E-state index contributed by atoms with van der Waals surface area (Å²) in [5, 5.41) is 8.17. The second-order valence-corrected chi connectivity index (χ2v) is 3.20. The van der Waals surface area contributed by atoms with E-state index in [1.165, 1.54) is 0 Å². The number of para-hydroxylation sites is 1. The maximum absolute atomic E-state index is 4.03. The van der Waals surface area contributed by atoms with Gasteiger partial charge in [0.15, 0.2) is 0 Å². The maximum atomic E-state index is 4.03. The molecule has 0 fully saturated rings. The minimum Gasteiger partial charge on any atom is -0.322 e. The summed E-state index contributed by atoms with van der Waals surface area (Å²) in [6.45, 7) is 0. The van der Waals surface area contributed by atoms with Crippen LogP contribution in [-0.4, -0.2) is 14.8 Å². The van der Waals surface area contributed by atoms with Crippen LogP contribution in [0.5, 0.6) is 0 Å². The van der Waals surface area contributed by atoms with Crippen molar-refractivity contribution in [3.05, 3.63) is 48.9 Å². The van der Waals surface area contributed by atoms with Crippen LogP contribution in [0.15, 0.2) is 48.9 Å². The molecular weight excluding hydrogens is 174 g/mol. The van der Waals surface area contributed by atoms with Crippen molar-refractivity contribution in [2.45, 2.75) is 0 Å². The Balaban J connectivity index is 2.36. The molecule has 0 radical (unpaired) electrons. The lowest BCUT2D eigenvalue weighted by atomic mass is 10.2. The second kappa shape index (κ2) is 2.73. The molecule has 3 heteroatoms. The number of fused-ring (bicyclic) bond motifs is 1. The van der Waals surface area contributed by atoms with E-state index in [-0.39, 0.29) is 0 Å². The van der Waals surface area contributed by atoms with E-state index in [0.29, 0.717) is 0 Å². The highest BCUT2D eigenvalue weighted by atomic mass is 15.1. The number of rotatable bonds is 1. The first-order chi connectivity index (χ1) is 6.95. The summed E-state index contributed by atoms with van der Waals surface area (Å²) in [7, 11) is 0. The highest BCUT2D eigenvalue weighted by molar-refractivity contribution is 5.85. The smallest absolute Gasteiger partial charge is 0.0890 e. The van der Waals surface area contributed by atoms with Crippen LogP contribution < -0.4 is 0 Å². The third-order valence-corrected chi connectivity index (χ3v) is 2.34. The number of aromatic nitrogens is 3. The molecule has 0 aliphatic rings. The Morgan fingerprint density at radius 3 is 2.79 bits per heavy atom. The van der Waals surface area contributed by atoms with Crippen molar-refractivity contribution in [3.8, 4) is 5.69 Å². The minimum atomic E-state index is 1.07. The molecule has 0 spiro atoms. The first-order valence-corrected chi connectivity index (χ1v) is 4.50. The van der Waals surface area contributed by atoms with Crippen molar-refractivity contribution in [2.75, 3.05) is 0 Å². The van der Waals surface area contributed by atoms with Gasteiger partial charge in [0.2, 0.25) is 0 Å². The number of hydrogen-bond donors (Lipinski definition) is 1. The van der Waals surface area contributed by atoms with E-state index in [9.17, 15) is 0 Å². The summed E-state index contributed by atoms with van der Waals surface area (Å²) < 4.78 is 2.07. The van der Waals surface area contributed by atoms with Crippen LogP contribution >= 0.6 is 0 Å². The fourth-order valence-corrected chi connectivity index (χ4v) is 1.66. The molecule has 2 heterocycles. The largest absolute Gasteiger partial charge is 0.322 e. The molecule has 0 atom stereocenters. The molecular formula is C11H9N3. The Bertz CT molecular complexity index is 549. The Morgan fingerprint density at radius 2 is 1.93 bits per heavy atom. The van der Waals surface area contributed by atoms with E-state index in [0.717, 1.165) is 16.6 Å². The zero-order chi connectivity index (χ0) is 9.38. The third-order valence-electron chi connectivity index (χ3n) is 2.34. The van der Waals surface area contributed by atoms with Gasteiger partial charge in [-0.05, 0) is 18.2 Å². The summed E-state index contributed by atoms with van der Waals surface area (Å²) in [4.78, 5) is 0. The lowest BCUT2D eigenvalue weighted by Crippen LogP contribution is -1.90. The van der Waals surface area contributed by atoms with Gasteiger partial charge in [-0.2, -0.15) is 5.10 Å². The lowest BCUT2D eigenvalue weighted by molar-refractivity contribution is 1.06. The predicted octanol–water partition coefficient (Wildman–Crippen LogP) is 2.35. The molecule has 0 amide bonds. The lowest BCUT2D eigenvalue weighted by Gasteiger charge is -2.03. The normalized spacial score (nSPS) is 10.9. The number of aromatic amines is 1. The van der Waals surface area contributed by atoms with E-state index >= 15 is 0 Å². The zero-order valence-electron chi connectivity index (χ0n) is 7.51. The molecule has 3 nitrogen and oxygen atoms in total. The fourth-order valence-electron chi connectivity index (χ4n) is 1.66. The predicted molar refractivity (Wildman–Crippen MR) is 55.4 cm³/mol. The first kappa shape index (κ1) is 7.38. The van der Waals surface area contributed by atoms with Crippen LogP contribution in [0.25, 0.3) is 16.6 Å². The number of benzene rings is 1. The van der Waals surface area contributed by atoms with Crippen LogP contribution in [0.1, 0.15) is 0 Å². The molecule has 0 aliphatic heterocycles. The van der Waals surface area contributed by atoms with Crippen molar-refractivity contribution in [1.29, 1.82) is 0 Å². The highest BCUT2D eigenvalue weighted by Gasteiger charge is 2.02. The van der Waals surface area contributed by atoms with Crippen molar-refractivity contribution in [2.24, 2.45) is 0 Å². The van der Waals surface area contributed by atoms with Crippen LogP contribution in [0.2, 0.25) is 0 Å². The van der Waals surface area contributed by atoms with Gasteiger partial charge in [0, 0.05) is 17.8 Å². The van der Waals surface area contributed by atoms with Gasteiger partial charge < -0.3 is 4.57 Å². The number of nitrogens with one attached hydrogen (secondary N) is 1. The zero-order valence-corrected chi connectivity index (χ0v) is 7.51. The summed E-state index contributed by atoms with van der Waals surface area (Å²) in [5.41, 5.74) is 2.20. The molecule has 0 aliphatic carbocycles. The number of nitrogens with zero attached hydrogens (tertiary/aromatic N) is 2. The van der Waals surface area contributed by atoms with Gasteiger partial charge in [0.25, 0.3) is 0 Å². The fraction of sp³-hybridized carbons (Fsp3) is 0. The molecule has 0 saturated carbocycles. The van der Waals surface area contributed by atoms with Gasteiger partial charge in [-0.25, -0.2) is 0 Å². The van der Waals surface area contributed by atoms with Crippen molar-refractivity contribution in [3.63, 3.8) is 0 Å². The Kier molecular flexibility index (Phi) is 1.44. The Morgan fingerprint density at radius 1 is 1.07 bits per heavy atom. The van der Waals surface area contributed by atoms with E-state index in [1.807, 2.05) is 42.9 Å². The quantitative estimate of drug-likeness (QED) is 0.617. The molecule has 0 unspecified atom stereocenters. The molecule has 68 valence electrons. The topological polar surface area (TPSA) is 33.6 Å². The number of H-pyrrole nitrogens is 1. The van der Waals surface area contributed by atoms with Gasteiger partial charge in [-0.3, -0.25) is 5.10 Å². The first-order valence-electron chi connectivity index (χ1n) is 4.50. The summed E-state index contributed by atoms with van der Waals surface area (Å²) in [5.74, 6) is 0. The highest BCUT2D eigenvalue weighted by Crippen LogP contribution is 2.19. The van der Waals surface area contributed by atoms with Crippen LogP contribution in [0.3, 0.4) is 0 Å². The average Bonchev–Trinajstić information content (AvgIpc) is 2.88. The SMILES string of the molecule is c1cc(-n2cccc2)c2[nH]ncc2c1. The minimum absolute atomic E-state index is 1.07. The van der Waals surface area contributed by atoms with Gasteiger partial charge in [0.1, 0.15) is 0 Å². The summed E-state index contributed by atoms with van der Waals surface area (Å²) >= 11 is 0.